The molecule has 0 aliphatic rings. The minimum atomic E-state index is 0.971. The molecule has 0 amide bonds. The van der Waals surface area contributed by atoms with Gasteiger partial charge in [-0.25, -0.2) is 0 Å². The van der Waals surface area contributed by atoms with E-state index in [-0.39, 0.29) is 0 Å². The lowest BCUT2D eigenvalue weighted by Gasteiger charge is -2.09. The molecule has 1 aromatic carbocycles. The van der Waals surface area contributed by atoms with Crippen LogP contribution < -0.4 is 0 Å². The van der Waals surface area contributed by atoms with Gasteiger partial charge in [0.25, 0.3) is 0 Å². The van der Waals surface area contributed by atoms with E-state index in [1.54, 1.807) is 0 Å². The Morgan fingerprint density at radius 1 is 1.31 bits per heavy atom. The van der Waals surface area contributed by atoms with Gasteiger partial charge in [-0.3, -0.25) is 0 Å². The van der Waals surface area contributed by atoms with E-state index < -0.39 is 0 Å². The monoisotopic (exact) mass is 173 g/mol. The van der Waals surface area contributed by atoms with Crippen molar-refractivity contribution in [3.63, 3.8) is 0 Å². The zero-order valence-corrected chi connectivity index (χ0v) is 8.46. The first-order valence-electron chi connectivity index (χ1n) is 4.39. The molecule has 0 aromatic heterocycles. The third-order valence-electron chi connectivity index (χ3n) is 1.70. The number of rotatable bonds is 2. The van der Waals surface area contributed by atoms with Crippen molar-refractivity contribution in [3.05, 3.63) is 35.4 Å². The number of hydrogen-bond acceptors (Lipinski definition) is 1. The van der Waals surface area contributed by atoms with Crippen molar-refractivity contribution in [3.8, 4) is 11.8 Å². The maximum atomic E-state index is 3.05. The smallest absolute Gasteiger partial charge is 0.0248 e. The standard InChI is InChI=1S/C12H15N/c1-4-6-11-7-5-8-12(9-11)10-13(2)3/h5,7-9H,10H2,1-3H3. The van der Waals surface area contributed by atoms with Crippen molar-refractivity contribution in [2.45, 2.75) is 13.5 Å². The molecule has 0 radical (unpaired) electrons. The second-order valence-electron chi connectivity index (χ2n) is 3.31. The fourth-order valence-corrected chi connectivity index (χ4v) is 1.26. The minimum Gasteiger partial charge on any atom is -0.305 e. The summed E-state index contributed by atoms with van der Waals surface area (Å²) in [6.45, 7) is 2.83. The first-order valence-corrected chi connectivity index (χ1v) is 4.39. The van der Waals surface area contributed by atoms with Gasteiger partial charge in [-0.1, -0.05) is 18.1 Å². The van der Waals surface area contributed by atoms with Gasteiger partial charge >= 0.3 is 0 Å². The molecule has 1 nitrogen and oxygen atoms in total. The molecule has 1 aromatic rings. The minimum absolute atomic E-state index is 0.971. The van der Waals surface area contributed by atoms with E-state index in [0.29, 0.717) is 0 Å². The summed E-state index contributed by atoms with van der Waals surface area (Å²) in [7, 11) is 4.14. The van der Waals surface area contributed by atoms with E-state index >= 15 is 0 Å². The van der Waals surface area contributed by atoms with Crippen molar-refractivity contribution in [2.24, 2.45) is 0 Å². The lowest BCUT2D eigenvalue weighted by molar-refractivity contribution is 0.402. The van der Waals surface area contributed by atoms with Gasteiger partial charge in [-0.15, -0.1) is 5.92 Å². The third kappa shape index (κ3) is 3.31. The van der Waals surface area contributed by atoms with Gasteiger partial charge in [0.2, 0.25) is 0 Å². The van der Waals surface area contributed by atoms with Crippen LogP contribution in [0.2, 0.25) is 0 Å². The Balaban J connectivity index is 2.83. The van der Waals surface area contributed by atoms with Gasteiger partial charge in [0, 0.05) is 12.1 Å². The van der Waals surface area contributed by atoms with Crippen molar-refractivity contribution in [1.29, 1.82) is 0 Å². The Morgan fingerprint density at radius 3 is 2.69 bits per heavy atom. The van der Waals surface area contributed by atoms with Crippen molar-refractivity contribution < 1.29 is 0 Å². The molecule has 1 heteroatoms. The molecule has 0 N–H and O–H groups in total. The van der Waals surface area contributed by atoms with Crippen LogP contribution in [0.4, 0.5) is 0 Å². The summed E-state index contributed by atoms with van der Waals surface area (Å²) in [4.78, 5) is 2.15. The molecule has 0 bridgehead atoms. The molecule has 1 rings (SSSR count). The normalized spacial score (nSPS) is 9.54. The Hall–Kier alpha value is -1.26. The molecule has 0 saturated carbocycles. The average Bonchev–Trinajstić information content (AvgIpc) is 2.04. The van der Waals surface area contributed by atoms with E-state index in [0.717, 1.165) is 12.1 Å². The molecule has 0 saturated heterocycles. The average molecular weight is 173 g/mol. The summed E-state index contributed by atoms with van der Waals surface area (Å²) < 4.78 is 0. The van der Waals surface area contributed by atoms with E-state index in [1.807, 2.05) is 13.0 Å². The fraction of sp³-hybridized carbons (Fsp3) is 0.333. The Kier molecular flexibility index (Phi) is 3.54. The van der Waals surface area contributed by atoms with E-state index in [2.05, 4.69) is 49.0 Å². The Bertz CT molecular complexity index is 328. The second kappa shape index (κ2) is 4.69. The van der Waals surface area contributed by atoms with Crippen molar-refractivity contribution >= 4 is 0 Å². The van der Waals surface area contributed by atoms with Crippen LogP contribution in [0.1, 0.15) is 18.1 Å². The highest BCUT2D eigenvalue weighted by Crippen LogP contribution is 2.05. The highest BCUT2D eigenvalue weighted by Gasteiger charge is 1.94. The molecule has 0 unspecified atom stereocenters. The zero-order chi connectivity index (χ0) is 9.68. The molecule has 0 aliphatic heterocycles. The van der Waals surface area contributed by atoms with Crippen LogP contribution in [-0.4, -0.2) is 19.0 Å². The van der Waals surface area contributed by atoms with Crippen LogP contribution in [-0.2, 0) is 6.54 Å². The summed E-state index contributed by atoms with van der Waals surface area (Å²) in [6.07, 6.45) is 0. The zero-order valence-electron chi connectivity index (χ0n) is 8.46. The van der Waals surface area contributed by atoms with Gasteiger partial charge < -0.3 is 4.90 Å². The van der Waals surface area contributed by atoms with E-state index in [4.69, 9.17) is 0 Å². The summed E-state index contributed by atoms with van der Waals surface area (Å²) in [5.74, 6) is 5.95. The lowest BCUT2D eigenvalue weighted by atomic mass is 10.1. The number of benzene rings is 1. The largest absolute Gasteiger partial charge is 0.305 e. The number of hydrogen-bond donors (Lipinski definition) is 0. The number of nitrogens with zero attached hydrogens (tertiary/aromatic N) is 1. The van der Waals surface area contributed by atoms with Crippen LogP contribution in [0, 0.1) is 11.8 Å². The quantitative estimate of drug-likeness (QED) is 0.619. The van der Waals surface area contributed by atoms with Crippen LogP contribution in [0.3, 0.4) is 0 Å². The predicted octanol–water partition coefficient (Wildman–Crippen LogP) is 2.12. The maximum absolute atomic E-state index is 3.05. The first kappa shape index (κ1) is 9.83. The summed E-state index contributed by atoms with van der Waals surface area (Å²) in [6, 6.07) is 8.35. The molecule has 0 heterocycles. The van der Waals surface area contributed by atoms with Crippen LogP contribution in [0.5, 0.6) is 0 Å². The van der Waals surface area contributed by atoms with Gasteiger partial charge in [0.1, 0.15) is 0 Å². The second-order valence-corrected chi connectivity index (χ2v) is 3.31. The SMILES string of the molecule is CC#Cc1cccc(CN(C)C)c1. The predicted molar refractivity (Wildman–Crippen MR) is 56.4 cm³/mol. The molecule has 0 atom stereocenters. The highest BCUT2D eigenvalue weighted by atomic mass is 15.0. The van der Waals surface area contributed by atoms with Crippen LogP contribution in [0.15, 0.2) is 24.3 Å². The summed E-state index contributed by atoms with van der Waals surface area (Å²) in [5, 5.41) is 0. The van der Waals surface area contributed by atoms with E-state index in [9.17, 15) is 0 Å². The first-order chi connectivity index (χ1) is 6.22. The molecule has 0 spiro atoms. The van der Waals surface area contributed by atoms with Gasteiger partial charge in [0.05, 0.1) is 0 Å². The van der Waals surface area contributed by atoms with Gasteiger partial charge in [0.15, 0.2) is 0 Å². The van der Waals surface area contributed by atoms with Gasteiger partial charge in [-0.2, -0.15) is 0 Å². The summed E-state index contributed by atoms with van der Waals surface area (Å²) >= 11 is 0. The highest BCUT2D eigenvalue weighted by molar-refractivity contribution is 5.36. The van der Waals surface area contributed by atoms with Crippen LogP contribution >= 0.6 is 0 Å². The maximum Gasteiger partial charge on any atom is 0.0248 e. The van der Waals surface area contributed by atoms with Crippen molar-refractivity contribution in [2.75, 3.05) is 14.1 Å². The summed E-state index contributed by atoms with van der Waals surface area (Å²) in [5.41, 5.74) is 2.41. The molecular formula is C12H15N. The molecule has 68 valence electrons. The Morgan fingerprint density at radius 2 is 2.08 bits per heavy atom. The van der Waals surface area contributed by atoms with Crippen molar-refractivity contribution in [1.82, 2.24) is 4.90 Å². The molecule has 0 fully saturated rings. The molecular weight excluding hydrogens is 158 g/mol. The van der Waals surface area contributed by atoms with E-state index in [1.165, 1.54) is 5.56 Å². The molecule has 0 aliphatic carbocycles. The lowest BCUT2D eigenvalue weighted by Crippen LogP contribution is -2.10. The Labute approximate surface area is 80.4 Å². The molecule has 13 heavy (non-hydrogen) atoms. The van der Waals surface area contributed by atoms with Crippen LogP contribution in [0.25, 0.3) is 0 Å². The third-order valence-corrected chi connectivity index (χ3v) is 1.70. The van der Waals surface area contributed by atoms with Gasteiger partial charge in [-0.05, 0) is 38.7 Å². The fourth-order valence-electron chi connectivity index (χ4n) is 1.26. The topological polar surface area (TPSA) is 3.24 Å².